The van der Waals surface area contributed by atoms with Gasteiger partial charge in [-0.1, -0.05) is 0 Å². The number of rotatable bonds is 3. The topological polar surface area (TPSA) is 73.1 Å². The standard InChI is InChI=1S/C10H9FN2O3/c1-6(14)8-4-7(13(15)16)5-9(12-8)10(11)2-3-10/h4-5H,2-3H2,1H3. The fraction of sp³-hybridized carbons (Fsp3) is 0.400. The van der Waals surface area contributed by atoms with Crippen LogP contribution >= 0.6 is 0 Å². The van der Waals surface area contributed by atoms with Crippen molar-refractivity contribution < 1.29 is 14.1 Å². The van der Waals surface area contributed by atoms with E-state index in [2.05, 4.69) is 4.98 Å². The number of hydrogen-bond acceptors (Lipinski definition) is 4. The summed E-state index contributed by atoms with van der Waals surface area (Å²) in [6.45, 7) is 1.24. The van der Waals surface area contributed by atoms with E-state index in [1.165, 1.54) is 6.92 Å². The minimum Gasteiger partial charge on any atom is -0.293 e. The molecule has 1 aliphatic carbocycles. The molecule has 0 atom stereocenters. The molecule has 0 N–H and O–H groups in total. The van der Waals surface area contributed by atoms with E-state index in [9.17, 15) is 19.3 Å². The highest BCUT2D eigenvalue weighted by Crippen LogP contribution is 2.49. The van der Waals surface area contributed by atoms with E-state index in [1.54, 1.807) is 0 Å². The van der Waals surface area contributed by atoms with Crippen molar-refractivity contribution in [3.05, 3.63) is 33.6 Å². The number of carbonyl (C=O) groups is 1. The molecule has 1 aliphatic rings. The molecule has 0 bridgehead atoms. The normalized spacial score (nSPS) is 16.9. The lowest BCUT2D eigenvalue weighted by Gasteiger charge is -2.05. The Morgan fingerprint density at radius 1 is 1.56 bits per heavy atom. The summed E-state index contributed by atoms with van der Waals surface area (Å²) < 4.78 is 13.7. The first-order chi connectivity index (χ1) is 7.42. The van der Waals surface area contributed by atoms with Gasteiger partial charge in [0.05, 0.1) is 10.6 Å². The minimum atomic E-state index is -1.57. The average Bonchev–Trinajstić information content (AvgIpc) is 2.97. The van der Waals surface area contributed by atoms with Crippen molar-refractivity contribution in [2.45, 2.75) is 25.4 Å². The van der Waals surface area contributed by atoms with Gasteiger partial charge in [-0.15, -0.1) is 0 Å². The van der Waals surface area contributed by atoms with Crippen molar-refractivity contribution in [1.29, 1.82) is 0 Å². The summed E-state index contributed by atoms with van der Waals surface area (Å²) in [5.41, 5.74) is -1.94. The van der Waals surface area contributed by atoms with Crippen LogP contribution < -0.4 is 0 Å². The Morgan fingerprint density at radius 3 is 2.62 bits per heavy atom. The van der Waals surface area contributed by atoms with Crippen molar-refractivity contribution in [2.75, 3.05) is 0 Å². The van der Waals surface area contributed by atoms with E-state index in [-0.39, 0.29) is 17.1 Å². The zero-order chi connectivity index (χ0) is 11.9. The predicted octanol–water partition coefficient (Wildman–Crippen LogP) is 2.15. The van der Waals surface area contributed by atoms with Gasteiger partial charge in [0.25, 0.3) is 5.69 Å². The van der Waals surface area contributed by atoms with Crippen molar-refractivity contribution in [3.63, 3.8) is 0 Å². The maximum Gasteiger partial charge on any atom is 0.273 e. The van der Waals surface area contributed by atoms with Gasteiger partial charge in [0, 0.05) is 19.1 Å². The summed E-state index contributed by atoms with van der Waals surface area (Å²) in [4.78, 5) is 24.9. The molecule has 0 saturated heterocycles. The monoisotopic (exact) mass is 224 g/mol. The van der Waals surface area contributed by atoms with Crippen LogP contribution in [0.2, 0.25) is 0 Å². The molecule has 0 radical (unpaired) electrons. The molecule has 0 spiro atoms. The van der Waals surface area contributed by atoms with Gasteiger partial charge in [-0.25, -0.2) is 9.37 Å². The molecule has 0 unspecified atom stereocenters. The number of halogens is 1. The Bertz CT molecular complexity index is 451. The molecule has 0 aromatic carbocycles. The second-order valence-electron chi connectivity index (χ2n) is 3.87. The van der Waals surface area contributed by atoms with Crippen LogP contribution in [-0.4, -0.2) is 15.7 Å². The Balaban J connectivity index is 2.53. The van der Waals surface area contributed by atoms with Crippen LogP contribution in [0, 0.1) is 10.1 Å². The van der Waals surface area contributed by atoms with E-state index < -0.39 is 16.4 Å². The van der Waals surface area contributed by atoms with Crippen molar-refractivity contribution in [3.8, 4) is 0 Å². The lowest BCUT2D eigenvalue weighted by Crippen LogP contribution is -2.08. The van der Waals surface area contributed by atoms with Gasteiger partial charge in [-0.2, -0.15) is 0 Å². The molecule has 6 heteroatoms. The van der Waals surface area contributed by atoms with Crippen LogP contribution in [0.15, 0.2) is 12.1 Å². The van der Waals surface area contributed by atoms with E-state index in [0.29, 0.717) is 12.8 Å². The summed E-state index contributed by atoms with van der Waals surface area (Å²) in [5.74, 6) is -0.408. The van der Waals surface area contributed by atoms with Gasteiger partial charge in [0.2, 0.25) is 0 Å². The van der Waals surface area contributed by atoms with Gasteiger partial charge in [0.15, 0.2) is 11.5 Å². The fourth-order valence-corrected chi connectivity index (χ4v) is 1.40. The summed E-state index contributed by atoms with van der Waals surface area (Å²) in [7, 11) is 0. The Kier molecular flexibility index (Phi) is 2.22. The van der Waals surface area contributed by atoms with E-state index in [0.717, 1.165) is 12.1 Å². The van der Waals surface area contributed by atoms with Crippen LogP contribution in [0.1, 0.15) is 35.9 Å². The quantitative estimate of drug-likeness (QED) is 0.448. The second-order valence-corrected chi connectivity index (χ2v) is 3.87. The highest BCUT2D eigenvalue weighted by Gasteiger charge is 2.47. The van der Waals surface area contributed by atoms with Crippen LogP contribution in [0.4, 0.5) is 10.1 Å². The molecular formula is C10H9FN2O3. The minimum absolute atomic E-state index is 0.00750. The fourth-order valence-electron chi connectivity index (χ4n) is 1.40. The molecular weight excluding hydrogens is 215 g/mol. The molecule has 1 aromatic rings. The first-order valence-electron chi connectivity index (χ1n) is 4.79. The Morgan fingerprint density at radius 2 is 2.19 bits per heavy atom. The average molecular weight is 224 g/mol. The lowest BCUT2D eigenvalue weighted by molar-refractivity contribution is -0.385. The number of nitrogens with zero attached hydrogens (tertiary/aromatic N) is 2. The molecule has 84 valence electrons. The predicted molar refractivity (Wildman–Crippen MR) is 52.9 cm³/mol. The van der Waals surface area contributed by atoms with Crippen LogP contribution in [-0.2, 0) is 5.67 Å². The number of alkyl halides is 1. The smallest absolute Gasteiger partial charge is 0.273 e. The zero-order valence-corrected chi connectivity index (χ0v) is 8.57. The number of aromatic nitrogens is 1. The van der Waals surface area contributed by atoms with Gasteiger partial charge in [-0.05, 0) is 12.8 Å². The molecule has 1 fully saturated rings. The number of Topliss-reactive ketones (excluding diaryl/α,β-unsaturated/α-hetero) is 1. The number of pyridine rings is 1. The van der Waals surface area contributed by atoms with E-state index in [1.807, 2.05) is 0 Å². The molecule has 16 heavy (non-hydrogen) atoms. The van der Waals surface area contributed by atoms with Crippen molar-refractivity contribution in [2.24, 2.45) is 0 Å². The number of nitro groups is 1. The Hall–Kier alpha value is -1.85. The summed E-state index contributed by atoms with van der Waals surface area (Å²) in [6.07, 6.45) is 0.608. The SMILES string of the molecule is CC(=O)c1cc([N+](=O)[O-])cc(C2(F)CC2)n1. The van der Waals surface area contributed by atoms with Crippen LogP contribution in [0.5, 0.6) is 0 Å². The summed E-state index contributed by atoms with van der Waals surface area (Å²) in [5, 5.41) is 10.6. The largest absolute Gasteiger partial charge is 0.293 e. The molecule has 5 nitrogen and oxygen atoms in total. The van der Waals surface area contributed by atoms with Gasteiger partial charge < -0.3 is 0 Å². The first-order valence-corrected chi connectivity index (χ1v) is 4.79. The maximum absolute atomic E-state index is 13.7. The van der Waals surface area contributed by atoms with Crippen LogP contribution in [0.25, 0.3) is 0 Å². The molecule has 1 saturated carbocycles. The summed E-state index contributed by atoms with van der Waals surface area (Å²) in [6, 6.07) is 2.16. The third-order valence-electron chi connectivity index (χ3n) is 2.53. The third kappa shape index (κ3) is 1.78. The number of ketones is 1. The molecule has 2 rings (SSSR count). The van der Waals surface area contributed by atoms with Gasteiger partial charge in [0.1, 0.15) is 5.69 Å². The third-order valence-corrected chi connectivity index (χ3v) is 2.53. The maximum atomic E-state index is 13.7. The van der Waals surface area contributed by atoms with Crippen LogP contribution in [0.3, 0.4) is 0 Å². The highest BCUT2D eigenvalue weighted by atomic mass is 19.1. The molecule has 1 aromatic heterocycles. The lowest BCUT2D eigenvalue weighted by atomic mass is 10.1. The van der Waals surface area contributed by atoms with Gasteiger partial charge >= 0.3 is 0 Å². The highest BCUT2D eigenvalue weighted by molar-refractivity contribution is 5.92. The first kappa shape index (κ1) is 10.7. The van der Waals surface area contributed by atoms with Crippen molar-refractivity contribution >= 4 is 11.5 Å². The number of carbonyl (C=O) groups excluding carboxylic acids is 1. The van der Waals surface area contributed by atoms with Gasteiger partial charge in [-0.3, -0.25) is 14.9 Å². The summed E-state index contributed by atoms with van der Waals surface area (Å²) >= 11 is 0. The molecule has 1 heterocycles. The van der Waals surface area contributed by atoms with E-state index >= 15 is 0 Å². The Labute approximate surface area is 90.4 Å². The molecule has 0 amide bonds. The second kappa shape index (κ2) is 3.33. The zero-order valence-electron chi connectivity index (χ0n) is 8.57. The van der Waals surface area contributed by atoms with Crippen molar-refractivity contribution in [1.82, 2.24) is 4.98 Å². The molecule has 0 aliphatic heterocycles. The number of hydrogen-bond donors (Lipinski definition) is 0. The van der Waals surface area contributed by atoms with E-state index in [4.69, 9.17) is 0 Å².